The number of thiazole rings is 1. The molecular weight excluding hydrogens is 386 g/mol. The Bertz CT molecular complexity index is 1300. The van der Waals surface area contributed by atoms with Gasteiger partial charge in [0.2, 0.25) is 0 Å². The number of nitrogens with one attached hydrogen (secondary N) is 1. The molecule has 6 rings (SSSR count). The van der Waals surface area contributed by atoms with Gasteiger partial charge in [-0.05, 0) is 49.2 Å². The Morgan fingerprint density at radius 2 is 1.89 bits per heavy atom. The SMILES string of the molecule is O=C1c2cc3nccc(Nc4ccc5scnc5c4)c3cc2SC12CC=CC2. The van der Waals surface area contributed by atoms with E-state index >= 15 is 0 Å². The van der Waals surface area contributed by atoms with Gasteiger partial charge in [-0.25, -0.2) is 4.98 Å². The number of pyridine rings is 1. The third-order valence-corrected chi connectivity index (χ3v) is 7.76. The van der Waals surface area contributed by atoms with Crippen LogP contribution in [0.2, 0.25) is 0 Å². The first-order valence-corrected chi connectivity index (χ1v) is 10.8. The van der Waals surface area contributed by atoms with E-state index in [-0.39, 0.29) is 10.5 Å². The highest BCUT2D eigenvalue weighted by Gasteiger charge is 2.46. The van der Waals surface area contributed by atoms with Gasteiger partial charge in [-0.2, -0.15) is 0 Å². The number of benzene rings is 2. The van der Waals surface area contributed by atoms with E-state index < -0.39 is 0 Å². The highest BCUT2D eigenvalue weighted by molar-refractivity contribution is 8.02. The Hall–Kier alpha value is -2.70. The molecule has 6 heteroatoms. The zero-order valence-corrected chi connectivity index (χ0v) is 16.4. The van der Waals surface area contributed by atoms with E-state index in [1.54, 1.807) is 29.3 Å². The molecule has 3 heterocycles. The van der Waals surface area contributed by atoms with Gasteiger partial charge in [0.25, 0.3) is 0 Å². The van der Waals surface area contributed by atoms with Crippen molar-refractivity contribution in [2.24, 2.45) is 0 Å². The van der Waals surface area contributed by atoms with Crippen LogP contribution in [-0.4, -0.2) is 20.5 Å². The predicted molar refractivity (Wildman–Crippen MR) is 116 cm³/mol. The zero-order valence-electron chi connectivity index (χ0n) is 14.8. The summed E-state index contributed by atoms with van der Waals surface area (Å²) in [6.07, 6.45) is 7.66. The fourth-order valence-corrected chi connectivity index (χ4v) is 6.12. The molecule has 0 fully saturated rings. The van der Waals surface area contributed by atoms with Crippen LogP contribution in [-0.2, 0) is 0 Å². The summed E-state index contributed by atoms with van der Waals surface area (Å²) in [5.74, 6) is 0.244. The molecule has 1 spiro atoms. The second-order valence-electron chi connectivity index (χ2n) is 7.19. The number of hydrogen-bond donors (Lipinski definition) is 1. The van der Waals surface area contributed by atoms with Gasteiger partial charge in [-0.1, -0.05) is 12.2 Å². The number of aromatic nitrogens is 2. The van der Waals surface area contributed by atoms with E-state index in [1.807, 2.05) is 17.6 Å². The van der Waals surface area contributed by atoms with E-state index in [0.29, 0.717) is 0 Å². The Kier molecular flexibility index (Phi) is 3.43. The first-order chi connectivity index (χ1) is 13.7. The van der Waals surface area contributed by atoms with Crippen LogP contribution < -0.4 is 5.32 Å². The number of thioether (sulfide) groups is 1. The van der Waals surface area contributed by atoms with Gasteiger partial charge in [0.15, 0.2) is 5.78 Å². The molecule has 0 unspecified atom stereocenters. The smallest absolute Gasteiger partial charge is 0.181 e. The predicted octanol–water partition coefficient (Wildman–Crippen LogP) is 5.97. The molecule has 1 N–H and O–H groups in total. The topological polar surface area (TPSA) is 54.9 Å². The third kappa shape index (κ3) is 2.34. The highest BCUT2D eigenvalue weighted by atomic mass is 32.2. The molecule has 0 saturated carbocycles. The molecule has 0 atom stereocenters. The van der Waals surface area contributed by atoms with Crippen molar-refractivity contribution in [3.63, 3.8) is 0 Å². The van der Waals surface area contributed by atoms with Gasteiger partial charge >= 0.3 is 0 Å². The fraction of sp³-hybridized carbons (Fsp3) is 0.136. The van der Waals surface area contributed by atoms with Crippen molar-refractivity contribution in [1.82, 2.24) is 9.97 Å². The van der Waals surface area contributed by atoms with Crippen molar-refractivity contribution in [1.29, 1.82) is 0 Å². The molecule has 28 heavy (non-hydrogen) atoms. The number of Topliss-reactive ketones (excluding diaryl/α,β-unsaturated/α-hetero) is 1. The van der Waals surface area contributed by atoms with Crippen molar-refractivity contribution in [2.75, 3.05) is 5.32 Å². The number of carbonyl (C=O) groups excluding carboxylic acids is 1. The molecule has 1 aliphatic heterocycles. The standard InChI is InChI=1S/C22H15N3OS2/c26-21-15-10-17-14(11-20(15)28-22(21)6-1-2-7-22)16(5-8-23-17)25-13-3-4-19-18(9-13)24-12-27-19/h1-5,8-12H,6-7H2,(H,23,25). The highest BCUT2D eigenvalue weighted by Crippen LogP contribution is 2.52. The largest absolute Gasteiger partial charge is 0.355 e. The quantitative estimate of drug-likeness (QED) is 0.420. The van der Waals surface area contributed by atoms with Crippen molar-refractivity contribution in [3.05, 3.63) is 65.8 Å². The third-order valence-electron chi connectivity index (χ3n) is 5.48. The number of hydrogen-bond acceptors (Lipinski definition) is 6. The van der Waals surface area contributed by atoms with Crippen LogP contribution in [0, 0.1) is 0 Å². The van der Waals surface area contributed by atoms with Crippen LogP contribution in [0.3, 0.4) is 0 Å². The lowest BCUT2D eigenvalue weighted by Gasteiger charge is -2.18. The lowest BCUT2D eigenvalue weighted by Crippen LogP contribution is -2.27. The molecule has 0 saturated heterocycles. The Labute approximate surface area is 169 Å². The summed E-state index contributed by atoms with van der Waals surface area (Å²) in [4.78, 5) is 23.0. The molecule has 2 aromatic heterocycles. The summed E-state index contributed by atoms with van der Waals surface area (Å²) in [6, 6.07) is 12.3. The normalized spacial score (nSPS) is 17.1. The summed E-state index contributed by atoms with van der Waals surface area (Å²) in [5, 5.41) is 4.54. The summed E-state index contributed by atoms with van der Waals surface area (Å²) in [6.45, 7) is 0. The van der Waals surface area contributed by atoms with Gasteiger partial charge in [-0.15, -0.1) is 23.1 Å². The van der Waals surface area contributed by atoms with E-state index in [1.165, 1.54) is 4.70 Å². The molecule has 2 aromatic carbocycles. The van der Waals surface area contributed by atoms with Gasteiger partial charge < -0.3 is 5.32 Å². The number of anilines is 2. The minimum atomic E-state index is -0.330. The Balaban J connectivity index is 1.44. The first-order valence-electron chi connectivity index (χ1n) is 9.14. The molecule has 4 aromatic rings. The van der Waals surface area contributed by atoms with Gasteiger partial charge in [-0.3, -0.25) is 9.78 Å². The molecule has 0 bridgehead atoms. The van der Waals surface area contributed by atoms with Crippen molar-refractivity contribution in [3.8, 4) is 0 Å². The minimum absolute atomic E-state index is 0.244. The van der Waals surface area contributed by atoms with Crippen molar-refractivity contribution < 1.29 is 4.79 Å². The number of nitrogens with zero attached hydrogens (tertiary/aromatic N) is 2. The Morgan fingerprint density at radius 1 is 1.00 bits per heavy atom. The van der Waals surface area contributed by atoms with Crippen LogP contribution in [0.25, 0.3) is 21.1 Å². The van der Waals surface area contributed by atoms with Crippen LogP contribution in [0.15, 0.2) is 65.2 Å². The van der Waals surface area contributed by atoms with E-state index in [4.69, 9.17) is 0 Å². The maximum absolute atomic E-state index is 13.0. The monoisotopic (exact) mass is 401 g/mol. The van der Waals surface area contributed by atoms with Gasteiger partial charge in [0.05, 0.1) is 26.0 Å². The molecule has 0 radical (unpaired) electrons. The lowest BCUT2D eigenvalue weighted by atomic mass is 9.94. The van der Waals surface area contributed by atoms with E-state index in [2.05, 4.69) is 51.7 Å². The summed E-state index contributed by atoms with van der Waals surface area (Å²) >= 11 is 3.35. The van der Waals surface area contributed by atoms with Gasteiger partial charge in [0.1, 0.15) is 0 Å². The minimum Gasteiger partial charge on any atom is -0.355 e. The number of carbonyl (C=O) groups is 1. The number of ketones is 1. The Morgan fingerprint density at radius 3 is 2.79 bits per heavy atom. The van der Waals surface area contributed by atoms with Crippen LogP contribution in [0.1, 0.15) is 23.2 Å². The number of fused-ring (bicyclic) bond motifs is 3. The summed E-state index contributed by atoms with van der Waals surface area (Å²) < 4.78 is 0.844. The maximum atomic E-state index is 13.0. The molecule has 136 valence electrons. The van der Waals surface area contributed by atoms with Gasteiger partial charge in [0, 0.05) is 33.4 Å². The molecule has 2 aliphatic rings. The average Bonchev–Trinajstić information content (AvgIpc) is 3.42. The molecule has 0 amide bonds. The van der Waals surface area contributed by atoms with Crippen LogP contribution >= 0.6 is 23.1 Å². The average molecular weight is 402 g/mol. The molecule has 4 nitrogen and oxygen atoms in total. The molecular formula is C22H15N3OS2. The van der Waals surface area contributed by atoms with Crippen molar-refractivity contribution >= 4 is 61.4 Å². The number of allylic oxidation sites excluding steroid dienone is 2. The lowest BCUT2D eigenvalue weighted by molar-refractivity contribution is 0.0951. The van der Waals surface area contributed by atoms with Crippen LogP contribution in [0.4, 0.5) is 11.4 Å². The summed E-state index contributed by atoms with van der Waals surface area (Å²) in [5.41, 5.74) is 6.49. The van der Waals surface area contributed by atoms with E-state index in [0.717, 1.165) is 51.1 Å². The second kappa shape index (κ2) is 5.90. The van der Waals surface area contributed by atoms with E-state index in [9.17, 15) is 4.79 Å². The maximum Gasteiger partial charge on any atom is 0.181 e. The van der Waals surface area contributed by atoms with Crippen molar-refractivity contribution in [2.45, 2.75) is 22.5 Å². The summed E-state index contributed by atoms with van der Waals surface area (Å²) in [7, 11) is 0. The first kappa shape index (κ1) is 16.3. The zero-order chi connectivity index (χ0) is 18.7. The second-order valence-corrected chi connectivity index (χ2v) is 9.50. The number of rotatable bonds is 2. The van der Waals surface area contributed by atoms with Crippen LogP contribution in [0.5, 0.6) is 0 Å². The molecule has 1 aliphatic carbocycles. The fourth-order valence-electron chi connectivity index (χ4n) is 4.04.